The van der Waals surface area contributed by atoms with E-state index in [1.54, 1.807) is 6.92 Å². The third-order valence-corrected chi connectivity index (χ3v) is 4.63. The Labute approximate surface area is 118 Å². The predicted octanol–water partition coefficient (Wildman–Crippen LogP) is 1.81. The van der Waals surface area contributed by atoms with Gasteiger partial charge in [0.05, 0.1) is 11.4 Å². The van der Waals surface area contributed by atoms with Crippen molar-refractivity contribution in [2.75, 3.05) is 22.6 Å². The van der Waals surface area contributed by atoms with Crippen LogP contribution in [0.15, 0.2) is 18.2 Å². The number of benzene rings is 1. The topological polar surface area (TPSA) is 89.3 Å². The molecule has 0 radical (unpaired) electrons. The lowest BCUT2D eigenvalue weighted by molar-refractivity contribution is -0.113. The minimum absolute atomic E-state index is 0.0168. The van der Waals surface area contributed by atoms with Gasteiger partial charge in [0.2, 0.25) is 5.91 Å². The summed E-state index contributed by atoms with van der Waals surface area (Å²) in [5.41, 5.74) is 5.64. The Kier molecular flexibility index (Phi) is 5.50. The van der Waals surface area contributed by atoms with Gasteiger partial charge in [0.1, 0.15) is 11.6 Å². The smallest absolute Gasteiger partial charge is 0.239 e. The second-order valence-electron chi connectivity index (χ2n) is 4.86. The number of amides is 1. The van der Waals surface area contributed by atoms with Crippen LogP contribution in [0.5, 0.6) is 0 Å². The highest BCUT2D eigenvalue weighted by Gasteiger charge is 2.20. The molecule has 0 aliphatic heterocycles. The zero-order valence-corrected chi connectivity index (χ0v) is 12.3. The van der Waals surface area contributed by atoms with Crippen LogP contribution in [0.2, 0.25) is 0 Å². The van der Waals surface area contributed by atoms with Crippen LogP contribution in [0.1, 0.15) is 20.3 Å². The Balaban J connectivity index is 2.70. The van der Waals surface area contributed by atoms with Gasteiger partial charge in [-0.05, 0) is 24.1 Å². The van der Waals surface area contributed by atoms with E-state index < -0.39 is 27.3 Å². The SMILES string of the molecule is CCC(C)CS(=O)(=O)CC(=O)Nc1cc(N)ccc1F. The monoisotopic (exact) mass is 302 g/mol. The summed E-state index contributed by atoms with van der Waals surface area (Å²) in [5, 5.41) is 2.23. The Morgan fingerprint density at radius 1 is 1.45 bits per heavy atom. The molecule has 0 aliphatic rings. The van der Waals surface area contributed by atoms with Gasteiger partial charge in [-0.3, -0.25) is 4.79 Å². The molecule has 0 bridgehead atoms. The molecule has 0 saturated carbocycles. The van der Waals surface area contributed by atoms with Crippen LogP contribution in [-0.2, 0) is 14.6 Å². The number of hydrogen-bond acceptors (Lipinski definition) is 4. The lowest BCUT2D eigenvalue weighted by Crippen LogP contribution is -2.27. The number of hydrogen-bond donors (Lipinski definition) is 2. The second-order valence-corrected chi connectivity index (χ2v) is 6.96. The third kappa shape index (κ3) is 5.16. The van der Waals surface area contributed by atoms with Gasteiger partial charge in [-0.1, -0.05) is 20.3 Å². The van der Waals surface area contributed by atoms with Gasteiger partial charge in [0.15, 0.2) is 9.84 Å². The molecule has 5 nitrogen and oxygen atoms in total. The summed E-state index contributed by atoms with van der Waals surface area (Å²) >= 11 is 0. The van der Waals surface area contributed by atoms with Crippen molar-refractivity contribution in [3.05, 3.63) is 24.0 Å². The van der Waals surface area contributed by atoms with Crippen LogP contribution in [0.25, 0.3) is 0 Å². The van der Waals surface area contributed by atoms with E-state index in [2.05, 4.69) is 5.32 Å². The van der Waals surface area contributed by atoms with E-state index in [4.69, 9.17) is 5.73 Å². The molecule has 1 unspecified atom stereocenters. The molecule has 7 heteroatoms. The molecule has 3 N–H and O–H groups in total. The molecule has 0 saturated heterocycles. The molecule has 0 aliphatic carbocycles. The Bertz CT molecular complexity index is 587. The fraction of sp³-hybridized carbons (Fsp3) is 0.462. The first-order chi connectivity index (χ1) is 9.23. The molecule has 0 aromatic heterocycles. The van der Waals surface area contributed by atoms with E-state index in [-0.39, 0.29) is 23.0 Å². The van der Waals surface area contributed by atoms with Crippen molar-refractivity contribution in [1.29, 1.82) is 0 Å². The molecule has 20 heavy (non-hydrogen) atoms. The fourth-order valence-electron chi connectivity index (χ4n) is 1.63. The first kappa shape index (κ1) is 16.4. The van der Waals surface area contributed by atoms with Crippen molar-refractivity contribution >= 4 is 27.1 Å². The molecule has 0 fully saturated rings. The summed E-state index contributed by atoms with van der Waals surface area (Å²) in [6, 6.07) is 3.71. The second kappa shape index (κ2) is 6.69. The first-order valence-electron chi connectivity index (χ1n) is 6.29. The summed E-state index contributed by atoms with van der Waals surface area (Å²) in [7, 11) is -3.50. The number of rotatable bonds is 6. The zero-order chi connectivity index (χ0) is 15.3. The van der Waals surface area contributed by atoms with Crippen molar-refractivity contribution in [3.8, 4) is 0 Å². The van der Waals surface area contributed by atoms with Gasteiger partial charge in [-0.25, -0.2) is 12.8 Å². The molecule has 1 amide bonds. The predicted molar refractivity (Wildman–Crippen MR) is 77.6 cm³/mol. The zero-order valence-electron chi connectivity index (χ0n) is 11.5. The van der Waals surface area contributed by atoms with Gasteiger partial charge in [-0.2, -0.15) is 0 Å². The Hall–Kier alpha value is -1.63. The number of carbonyl (C=O) groups is 1. The normalized spacial score (nSPS) is 12.9. The van der Waals surface area contributed by atoms with E-state index in [0.717, 1.165) is 6.07 Å². The molecule has 0 heterocycles. The van der Waals surface area contributed by atoms with Crippen LogP contribution in [0.4, 0.5) is 15.8 Å². The van der Waals surface area contributed by atoms with E-state index in [0.29, 0.717) is 6.42 Å². The highest BCUT2D eigenvalue weighted by molar-refractivity contribution is 7.92. The van der Waals surface area contributed by atoms with E-state index in [9.17, 15) is 17.6 Å². The summed E-state index contributed by atoms with van der Waals surface area (Å²) < 4.78 is 37.0. The Morgan fingerprint density at radius 3 is 2.70 bits per heavy atom. The van der Waals surface area contributed by atoms with Gasteiger partial charge in [0, 0.05) is 5.69 Å². The maximum absolute atomic E-state index is 13.4. The number of carbonyl (C=O) groups excluding carboxylic acids is 1. The highest BCUT2D eigenvalue weighted by Crippen LogP contribution is 2.17. The average molecular weight is 302 g/mol. The van der Waals surface area contributed by atoms with Gasteiger partial charge in [0.25, 0.3) is 0 Å². The average Bonchev–Trinajstić information content (AvgIpc) is 2.32. The number of anilines is 2. The van der Waals surface area contributed by atoms with Crippen LogP contribution < -0.4 is 11.1 Å². The van der Waals surface area contributed by atoms with Crippen molar-refractivity contribution < 1.29 is 17.6 Å². The van der Waals surface area contributed by atoms with E-state index in [1.807, 2.05) is 6.92 Å². The maximum Gasteiger partial charge on any atom is 0.239 e. The van der Waals surface area contributed by atoms with Crippen LogP contribution in [-0.4, -0.2) is 25.8 Å². The number of sulfone groups is 1. The summed E-state index contributed by atoms with van der Waals surface area (Å²) in [4.78, 5) is 11.7. The number of halogens is 1. The molecule has 1 aromatic rings. The van der Waals surface area contributed by atoms with Crippen molar-refractivity contribution in [3.63, 3.8) is 0 Å². The minimum Gasteiger partial charge on any atom is -0.399 e. The lowest BCUT2D eigenvalue weighted by Gasteiger charge is -2.10. The van der Waals surface area contributed by atoms with Gasteiger partial charge < -0.3 is 11.1 Å². The van der Waals surface area contributed by atoms with Crippen LogP contribution in [0, 0.1) is 11.7 Å². The molecule has 1 atom stereocenters. The first-order valence-corrected chi connectivity index (χ1v) is 8.11. The van der Waals surface area contributed by atoms with Crippen LogP contribution in [0.3, 0.4) is 0 Å². The van der Waals surface area contributed by atoms with E-state index >= 15 is 0 Å². The Morgan fingerprint density at radius 2 is 2.10 bits per heavy atom. The van der Waals surface area contributed by atoms with E-state index in [1.165, 1.54) is 12.1 Å². The number of nitrogen functional groups attached to an aromatic ring is 1. The number of nitrogens with one attached hydrogen (secondary N) is 1. The van der Waals surface area contributed by atoms with Crippen molar-refractivity contribution in [2.24, 2.45) is 5.92 Å². The van der Waals surface area contributed by atoms with Crippen molar-refractivity contribution in [2.45, 2.75) is 20.3 Å². The quantitative estimate of drug-likeness (QED) is 0.784. The fourth-order valence-corrected chi connectivity index (χ4v) is 3.33. The molecule has 1 rings (SSSR count). The molecule has 0 spiro atoms. The lowest BCUT2D eigenvalue weighted by atomic mass is 10.2. The number of nitrogens with two attached hydrogens (primary N) is 1. The minimum atomic E-state index is -3.50. The summed E-state index contributed by atoms with van der Waals surface area (Å²) in [6.07, 6.45) is 0.713. The molecule has 1 aromatic carbocycles. The molecular weight excluding hydrogens is 283 g/mol. The standard InChI is InChI=1S/C13H19FN2O3S/c1-3-9(2)7-20(18,19)8-13(17)16-12-6-10(15)4-5-11(12)14/h4-6,9H,3,7-8,15H2,1-2H3,(H,16,17). The molecular formula is C13H19FN2O3S. The van der Waals surface area contributed by atoms with Crippen molar-refractivity contribution in [1.82, 2.24) is 0 Å². The summed E-state index contributed by atoms with van der Waals surface area (Å²) in [6.45, 7) is 3.68. The van der Waals surface area contributed by atoms with Gasteiger partial charge >= 0.3 is 0 Å². The molecule has 112 valence electrons. The third-order valence-electron chi connectivity index (χ3n) is 2.85. The summed E-state index contributed by atoms with van der Waals surface area (Å²) in [5.74, 6) is -2.16. The highest BCUT2D eigenvalue weighted by atomic mass is 32.2. The maximum atomic E-state index is 13.4. The van der Waals surface area contributed by atoms with Gasteiger partial charge in [-0.15, -0.1) is 0 Å². The van der Waals surface area contributed by atoms with Crippen LogP contribution >= 0.6 is 0 Å². The largest absolute Gasteiger partial charge is 0.399 e.